The summed E-state index contributed by atoms with van der Waals surface area (Å²) in [6.45, 7) is 2.99. The van der Waals surface area contributed by atoms with Crippen molar-refractivity contribution in [1.82, 2.24) is 4.90 Å². The van der Waals surface area contributed by atoms with Gasteiger partial charge in [0.25, 0.3) is 0 Å². The Bertz CT molecular complexity index is 459. The van der Waals surface area contributed by atoms with Crippen LogP contribution >= 0.6 is 0 Å². The van der Waals surface area contributed by atoms with Gasteiger partial charge >= 0.3 is 5.97 Å². The molecule has 2 rings (SSSR count). The fourth-order valence-electron chi connectivity index (χ4n) is 2.26. The highest BCUT2D eigenvalue weighted by Crippen LogP contribution is 2.19. The molecule has 116 valence electrons. The third-order valence-electron chi connectivity index (χ3n) is 3.16. The smallest absolute Gasteiger partial charge is 0.341 e. The first-order chi connectivity index (χ1) is 10.1. The van der Waals surface area contributed by atoms with Crippen LogP contribution in [0.5, 0.6) is 5.75 Å². The lowest BCUT2D eigenvalue weighted by Gasteiger charge is -2.27. The van der Waals surface area contributed by atoms with Gasteiger partial charge in [0, 0.05) is 18.7 Å². The Balaban J connectivity index is 1.89. The molecule has 0 amide bonds. The molecule has 21 heavy (non-hydrogen) atoms. The lowest BCUT2D eigenvalue weighted by Crippen LogP contribution is -2.38. The fourth-order valence-corrected chi connectivity index (χ4v) is 2.26. The predicted molar refractivity (Wildman–Crippen MR) is 76.5 cm³/mol. The molecule has 1 aromatic carbocycles. The molecule has 1 saturated heterocycles. The van der Waals surface area contributed by atoms with E-state index in [1.165, 1.54) is 0 Å². The van der Waals surface area contributed by atoms with Crippen LogP contribution < -0.4 is 4.74 Å². The molecule has 0 saturated carbocycles. The maximum absolute atomic E-state index is 10.6. The summed E-state index contributed by atoms with van der Waals surface area (Å²) in [5, 5.41) is 8.70. The van der Waals surface area contributed by atoms with E-state index < -0.39 is 5.97 Å². The maximum Gasteiger partial charge on any atom is 0.341 e. The number of carboxylic acid groups (broad SMARTS) is 1. The first kappa shape index (κ1) is 15.8. The zero-order valence-electron chi connectivity index (χ0n) is 12.2. The summed E-state index contributed by atoms with van der Waals surface area (Å²) < 4.78 is 16.3. The van der Waals surface area contributed by atoms with Gasteiger partial charge in [-0.15, -0.1) is 0 Å². The SMILES string of the molecule is CN(Cc1ccccc1OCC(=O)O)C[C@H]1COCCO1. The maximum atomic E-state index is 10.6. The third kappa shape index (κ3) is 5.34. The van der Waals surface area contributed by atoms with Crippen LogP contribution in [0, 0.1) is 0 Å². The molecular formula is C15H21NO5. The molecule has 6 nitrogen and oxygen atoms in total. The van der Waals surface area contributed by atoms with Gasteiger partial charge in [0.15, 0.2) is 6.61 Å². The molecule has 0 unspecified atom stereocenters. The quantitative estimate of drug-likeness (QED) is 0.809. The van der Waals surface area contributed by atoms with Crippen LogP contribution in [0.25, 0.3) is 0 Å². The van der Waals surface area contributed by atoms with Crippen LogP contribution in [-0.4, -0.2) is 62.1 Å². The van der Waals surface area contributed by atoms with E-state index >= 15 is 0 Å². The standard InChI is InChI=1S/C15H21NO5/c1-16(9-13-10-19-6-7-20-13)8-12-4-2-3-5-14(12)21-11-15(17)18/h2-5,13H,6-11H2,1H3,(H,17,18)/t13-/m0/s1. The summed E-state index contributed by atoms with van der Waals surface area (Å²) in [4.78, 5) is 12.7. The number of benzene rings is 1. The molecule has 1 atom stereocenters. The first-order valence-electron chi connectivity index (χ1n) is 6.95. The molecule has 6 heteroatoms. The summed E-state index contributed by atoms with van der Waals surface area (Å²) in [7, 11) is 1.99. The molecule has 1 aliphatic rings. The Morgan fingerprint density at radius 1 is 1.43 bits per heavy atom. The summed E-state index contributed by atoms with van der Waals surface area (Å²) in [5.74, 6) is -0.376. The molecule has 0 aromatic heterocycles. The van der Waals surface area contributed by atoms with Crippen LogP contribution in [-0.2, 0) is 20.8 Å². The van der Waals surface area contributed by atoms with Gasteiger partial charge < -0.3 is 19.3 Å². The van der Waals surface area contributed by atoms with Gasteiger partial charge in [-0.25, -0.2) is 4.79 Å². The van der Waals surface area contributed by atoms with Crippen molar-refractivity contribution in [2.75, 3.05) is 40.0 Å². The van der Waals surface area contributed by atoms with Crippen LogP contribution in [0.2, 0.25) is 0 Å². The van der Waals surface area contributed by atoms with E-state index in [2.05, 4.69) is 4.90 Å². The summed E-state index contributed by atoms with van der Waals surface area (Å²) in [6, 6.07) is 7.47. The Hall–Kier alpha value is -1.63. The number of hydrogen-bond acceptors (Lipinski definition) is 5. The number of nitrogens with zero attached hydrogens (tertiary/aromatic N) is 1. The van der Waals surface area contributed by atoms with Crippen molar-refractivity contribution in [3.63, 3.8) is 0 Å². The molecule has 1 heterocycles. The predicted octanol–water partition coefficient (Wildman–Crippen LogP) is 0.997. The Morgan fingerprint density at radius 2 is 2.24 bits per heavy atom. The van der Waals surface area contributed by atoms with Crippen molar-refractivity contribution < 1.29 is 24.1 Å². The highest BCUT2D eigenvalue weighted by Gasteiger charge is 2.17. The van der Waals surface area contributed by atoms with Gasteiger partial charge in [-0.2, -0.15) is 0 Å². The highest BCUT2D eigenvalue weighted by atomic mass is 16.6. The third-order valence-corrected chi connectivity index (χ3v) is 3.16. The monoisotopic (exact) mass is 295 g/mol. The second-order valence-electron chi connectivity index (χ2n) is 5.05. The molecule has 0 bridgehead atoms. The van der Waals surface area contributed by atoms with E-state index in [4.69, 9.17) is 19.3 Å². The average Bonchev–Trinajstić information content (AvgIpc) is 2.47. The molecule has 0 aliphatic carbocycles. The van der Waals surface area contributed by atoms with Gasteiger partial charge in [0.05, 0.1) is 25.9 Å². The van der Waals surface area contributed by atoms with Gasteiger partial charge in [0.2, 0.25) is 0 Å². The van der Waals surface area contributed by atoms with Crippen molar-refractivity contribution in [3.8, 4) is 5.75 Å². The topological polar surface area (TPSA) is 68.2 Å². The number of rotatable bonds is 7. The number of ether oxygens (including phenoxy) is 3. The lowest BCUT2D eigenvalue weighted by molar-refractivity contribution is -0.139. The molecule has 0 radical (unpaired) electrons. The molecule has 0 spiro atoms. The van der Waals surface area contributed by atoms with Gasteiger partial charge in [-0.1, -0.05) is 18.2 Å². The number of carbonyl (C=O) groups is 1. The van der Waals surface area contributed by atoms with Gasteiger partial charge in [-0.05, 0) is 13.1 Å². The number of carboxylic acids is 1. The molecule has 1 aliphatic heterocycles. The summed E-state index contributed by atoms with van der Waals surface area (Å²) in [5.41, 5.74) is 0.956. The van der Waals surface area contributed by atoms with Crippen molar-refractivity contribution in [1.29, 1.82) is 0 Å². The minimum atomic E-state index is -0.981. The summed E-state index contributed by atoms with van der Waals surface area (Å²) >= 11 is 0. The molecule has 1 aromatic rings. The Labute approximate surface area is 124 Å². The van der Waals surface area contributed by atoms with E-state index in [0.29, 0.717) is 32.1 Å². The van der Waals surface area contributed by atoms with Crippen molar-refractivity contribution in [2.24, 2.45) is 0 Å². The average molecular weight is 295 g/mol. The minimum absolute atomic E-state index is 0.0795. The first-order valence-corrected chi connectivity index (χ1v) is 6.95. The van der Waals surface area contributed by atoms with Crippen molar-refractivity contribution >= 4 is 5.97 Å². The van der Waals surface area contributed by atoms with Crippen LogP contribution in [0.1, 0.15) is 5.56 Å². The van der Waals surface area contributed by atoms with Crippen LogP contribution in [0.3, 0.4) is 0 Å². The largest absolute Gasteiger partial charge is 0.482 e. The van der Waals surface area contributed by atoms with E-state index in [1.54, 1.807) is 6.07 Å². The van der Waals surface area contributed by atoms with E-state index in [1.807, 2.05) is 25.2 Å². The van der Waals surface area contributed by atoms with Crippen LogP contribution in [0.15, 0.2) is 24.3 Å². The number of hydrogen-bond donors (Lipinski definition) is 1. The number of aliphatic carboxylic acids is 1. The second-order valence-corrected chi connectivity index (χ2v) is 5.05. The zero-order chi connectivity index (χ0) is 15.1. The Morgan fingerprint density at radius 3 is 2.95 bits per heavy atom. The molecule has 1 fully saturated rings. The normalized spacial score (nSPS) is 18.7. The minimum Gasteiger partial charge on any atom is -0.482 e. The van der Waals surface area contributed by atoms with E-state index in [-0.39, 0.29) is 12.7 Å². The molecule has 1 N–H and O–H groups in total. The summed E-state index contributed by atoms with van der Waals surface area (Å²) in [6.07, 6.45) is 0.0795. The molecular weight excluding hydrogens is 274 g/mol. The Kier molecular flexibility index (Phi) is 5.98. The van der Waals surface area contributed by atoms with Gasteiger partial charge in [0.1, 0.15) is 5.75 Å². The van der Waals surface area contributed by atoms with E-state index in [0.717, 1.165) is 12.1 Å². The highest BCUT2D eigenvalue weighted by molar-refractivity contribution is 5.68. The van der Waals surface area contributed by atoms with E-state index in [9.17, 15) is 4.79 Å². The van der Waals surface area contributed by atoms with Gasteiger partial charge in [-0.3, -0.25) is 4.90 Å². The number of para-hydroxylation sites is 1. The zero-order valence-corrected chi connectivity index (χ0v) is 12.2. The fraction of sp³-hybridized carbons (Fsp3) is 0.533. The lowest BCUT2D eigenvalue weighted by atomic mass is 10.2. The van der Waals surface area contributed by atoms with Crippen molar-refractivity contribution in [3.05, 3.63) is 29.8 Å². The second kappa shape index (κ2) is 7.97. The van der Waals surface area contributed by atoms with Crippen LogP contribution in [0.4, 0.5) is 0 Å². The number of likely N-dealkylation sites (N-methyl/N-ethyl adjacent to an activating group) is 1. The van der Waals surface area contributed by atoms with Crippen molar-refractivity contribution in [2.45, 2.75) is 12.6 Å².